The monoisotopic (exact) mass is 297 g/mol. The number of amides is 2. The van der Waals surface area contributed by atoms with Gasteiger partial charge in [-0.15, -0.1) is 0 Å². The zero-order valence-corrected chi connectivity index (χ0v) is 12.9. The number of piperidine rings is 1. The van der Waals surface area contributed by atoms with Gasteiger partial charge in [0.25, 0.3) is 0 Å². The third-order valence-electron chi connectivity index (χ3n) is 4.20. The van der Waals surface area contributed by atoms with E-state index in [4.69, 9.17) is 4.74 Å². The van der Waals surface area contributed by atoms with Crippen molar-refractivity contribution in [2.45, 2.75) is 51.1 Å². The molecule has 2 rings (SSSR count). The molecule has 2 saturated heterocycles. The maximum Gasteiger partial charge on any atom is 0.245 e. The number of carbonyl (C=O) groups is 2. The molecule has 2 atom stereocenters. The highest BCUT2D eigenvalue weighted by Gasteiger charge is 2.24. The first-order chi connectivity index (χ1) is 10.2. The van der Waals surface area contributed by atoms with Crippen molar-refractivity contribution in [3.63, 3.8) is 0 Å². The van der Waals surface area contributed by atoms with Crippen molar-refractivity contribution in [1.82, 2.24) is 15.5 Å². The molecule has 2 aliphatic heterocycles. The van der Waals surface area contributed by atoms with E-state index in [1.54, 1.807) is 11.8 Å². The largest absolute Gasteiger partial charge is 0.378 e. The van der Waals surface area contributed by atoms with Gasteiger partial charge in [-0.25, -0.2) is 0 Å². The maximum atomic E-state index is 12.2. The second-order valence-electron chi connectivity index (χ2n) is 5.91. The predicted molar refractivity (Wildman–Crippen MR) is 79.9 cm³/mol. The summed E-state index contributed by atoms with van der Waals surface area (Å²) in [6.07, 6.45) is 4.96. The molecule has 0 bridgehead atoms. The summed E-state index contributed by atoms with van der Waals surface area (Å²) in [4.78, 5) is 25.9. The van der Waals surface area contributed by atoms with E-state index >= 15 is 0 Å². The Bertz CT molecular complexity index is 350. The SMILES string of the molecule is CC(NC(=O)CCC1CCCCN1)C(=O)N1CCOCC1. The predicted octanol–water partition coefficient (Wildman–Crippen LogP) is 0.272. The fraction of sp³-hybridized carbons (Fsp3) is 0.867. The number of morpholine rings is 1. The van der Waals surface area contributed by atoms with Crippen LogP contribution < -0.4 is 10.6 Å². The van der Waals surface area contributed by atoms with Crippen LogP contribution in [-0.4, -0.2) is 61.6 Å². The topological polar surface area (TPSA) is 70.7 Å². The van der Waals surface area contributed by atoms with Crippen molar-refractivity contribution in [1.29, 1.82) is 0 Å². The summed E-state index contributed by atoms with van der Waals surface area (Å²) in [6.45, 7) is 5.21. The average Bonchev–Trinajstić information content (AvgIpc) is 2.54. The molecule has 0 radical (unpaired) electrons. The van der Waals surface area contributed by atoms with Gasteiger partial charge in [0.2, 0.25) is 11.8 Å². The highest BCUT2D eigenvalue weighted by molar-refractivity contribution is 5.87. The van der Waals surface area contributed by atoms with Crippen molar-refractivity contribution >= 4 is 11.8 Å². The molecular weight excluding hydrogens is 270 g/mol. The average molecular weight is 297 g/mol. The van der Waals surface area contributed by atoms with E-state index in [1.807, 2.05) is 0 Å². The standard InChI is InChI=1S/C15H27N3O3/c1-12(15(20)18-8-10-21-11-9-18)17-14(19)6-5-13-4-2-3-7-16-13/h12-13,16H,2-11H2,1H3,(H,17,19). The molecule has 120 valence electrons. The van der Waals surface area contributed by atoms with Gasteiger partial charge in [0.1, 0.15) is 6.04 Å². The van der Waals surface area contributed by atoms with Gasteiger partial charge in [-0.2, -0.15) is 0 Å². The number of nitrogens with one attached hydrogen (secondary N) is 2. The third kappa shape index (κ3) is 5.28. The van der Waals surface area contributed by atoms with Crippen LogP contribution in [0.1, 0.15) is 39.0 Å². The normalized spacial score (nSPS) is 24.4. The Labute approximate surface area is 126 Å². The van der Waals surface area contributed by atoms with E-state index in [2.05, 4.69) is 10.6 Å². The first kappa shape index (κ1) is 16.2. The second kappa shape index (κ2) is 8.34. The lowest BCUT2D eigenvalue weighted by atomic mass is 10.0. The maximum absolute atomic E-state index is 12.2. The van der Waals surface area contributed by atoms with Crippen LogP contribution in [0.25, 0.3) is 0 Å². The lowest BCUT2D eigenvalue weighted by Gasteiger charge is -2.29. The van der Waals surface area contributed by atoms with Crippen molar-refractivity contribution < 1.29 is 14.3 Å². The van der Waals surface area contributed by atoms with E-state index in [-0.39, 0.29) is 11.8 Å². The van der Waals surface area contributed by atoms with Crippen molar-refractivity contribution in [3.8, 4) is 0 Å². The molecule has 0 aromatic heterocycles. The molecule has 6 nitrogen and oxygen atoms in total. The van der Waals surface area contributed by atoms with Crippen LogP contribution in [-0.2, 0) is 14.3 Å². The number of carbonyl (C=O) groups excluding carboxylic acids is 2. The second-order valence-corrected chi connectivity index (χ2v) is 5.91. The summed E-state index contributed by atoms with van der Waals surface area (Å²) in [5.74, 6) is -0.0427. The lowest BCUT2D eigenvalue weighted by molar-refractivity contribution is -0.139. The molecule has 2 unspecified atom stereocenters. The number of nitrogens with zero attached hydrogens (tertiary/aromatic N) is 1. The first-order valence-corrected chi connectivity index (χ1v) is 8.06. The lowest BCUT2D eigenvalue weighted by Crippen LogP contribution is -2.50. The number of ether oxygens (including phenoxy) is 1. The Hall–Kier alpha value is -1.14. The quantitative estimate of drug-likeness (QED) is 0.764. The van der Waals surface area contributed by atoms with Crippen molar-refractivity contribution in [3.05, 3.63) is 0 Å². The van der Waals surface area contributed by atoms with Crippen LogP contribution in [0.5, 0.6) is 0 Å². The minimum atomic E-state index is -0.449. The molecule has 0 aromatic rings. The fourth-order valence-corrected chi connectivity index (χ4v) is 2.91. The van der Waals surface area contributed by atoms with E-state index in [9.17, 15) is 9.59 Å². The third-order valence-corrected chi connectivity index (χ3v) is 4.20. The van der Waals surface area contributed by atoms with Gasteiger partial charge in [0.05, 0.1) is 13.2 Å². The fourth-order valence-electron chi connectivity index (χ4n) is 2.91. The van der Waals surface area contributed by atoms with Crippen LogP contribution in [0.15, 0.2) is 0 Å². The van der Waals surface area contributed by atoms with Gasteiger partial charge in [0, 0.05) is 25.6 Å². The Morgan fingerprint density at radius 2 is 2.10 bits per heavy atom. The van der Waals surface area contributed by atoms with E-state index in [0.29, 0.717) is 38.8 Å². The summed E-state index contributed by atoms with van der Waals surface area (Å²) in [5.41, 5.74) is 0. The first-order valence-electron chi connectivity index (χ1n) is 8.06. The number of hydrogen-bond donors (Lipinski definition) is 2. The number of hydrogen-bond acceptors (Lipinski definition) is 4. The van der Waals surface area contributed by atoms with Crippen LogP contribution >= 0.6 is 0 Å². The molecule has 0 saturated carbocycles. The highest BCUT2D eigenvalue weighted by Crippen LogP contribution is 2.11. The van der Waals surface area contributed by atoms with Gasteiger partial charge >= 0.3 is 0 Å². The highest BCUT2D eigenvalue weighted by atomic mass is 16.5. The molecule has 2 N–H and O–H groups in total. The van der Waals surface area contributed by atoms with E-state index < -0.39 is 6.04 Å². The Morgan fingerprint density at radius 1 is 1.33 bits per heavy atom. The summed E-state index contributed by atoms with van der Waals surface area (Å²) in [6, 6.07) is 0.00432. The zero-order valence-electron chi connectivity index (χ0n) is 12.9. The van der Waals surface area contributed by atoms with E-state index in [0.717, 1.165) is 19.4 Å². The molecule has 2 aliphatic rings. The van der Waals surface area contributed by atoms with Crippen LogP contribution in [0.4, 0.5) is 0 Å². The summed E-state index contributed by atoms with van der Waals surface area (Å²) >= 11 is 0. The Morgan fingerprint density at radius 3 is 2.76 bits per heavy atom. The summed E-state index contributed by atoms with van der Waals surface area (Å²) in [5, 5.41) is 6.25. The molecule has 0 aromatic carbocycles. The van der Waals surface area contributed by atoms with Gasteiger partial charge < -0.3 is 20.3 Å². The van der Waals surface area contributed by atoms with Crippen molar-refractivity contribution in [2.75, 3.05) is 32.8 Å². The summed E-state index contributed by atoms with van der Waals surface area (Å²) < 4.78 is 5.23. The molecule has 0 spiro atoms. The van der Waals surface area contributed by atoms with Gasteiger partial charge in [-0.3, -0.25) is 9.59 Å². The molecule has 6 heteroatoms. The van der Waals surface area contributed by atoms with Gasteiger partial charge in [-0.1, -0.05) is 6.42 Å². The Balaban J connectivity index is 1.67. The summed E-state index contributed by atoms with van der Waals surface area (Å²) in [7, 11) is 0. The molecule has 2 amide bonds. The molecule has 2 fully saturated rings. The molecule has 0 aliphatic carbocycles. The van der Waals surface area contributed by atoms with Gasteiger partial charge in [0.15, 0.2) is 0 Å². The minimum absolute atomic E-state index is 0.0116. The van der Waals surface area contributed by atoms with Crippen LogP contribution in [0.3, 0.4) is 0 Å². The van der Waals surface area contributed by atoms with Gasteiger partial charge in [-0.05, 0) is 32.7 Å². The Kier molecular flexibility index (Phi) is 6.45. The van der Waals surface area contributed by atoms with Crippen molar-refractivity contribution in [2.24, 2.45) is 0 Å². The smallest absolute Gasteiger partial charge is 0.245 e. The molecule has 21 heavy (non-hydrogen) atoms. The molecular formula is C15H27N3O3. The number of rotatable bonds is 5. The zero-order chi connectivity index (χ0) is 15.1. The van der Waals surface area contributed by atoms with Crippen LogP contribution in [0.2, 0.25) is 0 Å². The van der Waals surface area contributed by atoms with Crippen LogP contribution in [0, 0.1) is 0 Å². The molecule has 2 heterocycles. The minimum Gasteiger partial charge on any atom is -0.378 e. The van der Waals surface area contributed by atoms with E-state index in [1.165, 1.54) is 12.8 Å².